The second-order valence-corrected chi connectivity index (χ2v) is 14.8. The van der Waals surface area contributed by atoms with Crippen LogP contribution < -0.4 is 14.8 Å². The van der Waals surface area contributed by atoms with E-state index in [1.54, 1.807) is 13.8 Å². The summed E-state index contributed by atoms with van der Waals surface area (Å²) in [5.41, 5.74) is 0.0477. The molecule has 14 nitrogen and oxygen atoms in total. The standard InChI is InChI=1S/C32H43N3O11S/c1-21(36)35(39)13-12-32(2,3)19-34(47(40,41)23-9-10-27-28(16-23)45-20-44-27)17-26(37)25(15-22-7-5-4-6-8-22)33-31(38)46-29-18-43-30-24(29)11-14-42-30/h4-10,16,24-26,29-30,37,39H,11-15,17-20H2,1-3H3,(H,33,38)/t24-,25-,26+,29-,30+/m0/s1. The van der Waals surface area contributed by atoms with Gasteiger partial charge in [-0.15, -0.1) is 0 Å². The molecule has 0 unspecified atom stereocenters. The van der Waals surface area contributed by atoms with Crippen LogP contribution in [0, 0.1) is 11.3 Å². The van der Waals surface area contributed by atoms with Gasteiger partial charge in [0.25, 0.3) is 0 Å². The predicted octanol–water partition coefficient (Wildman–Crippen LogP) is 2.52. The Morgan fingerprint density at radius 1 is 1.11 bits per heavy atom. The summed E-state index contributed by atoms with van der Waals surface area (Å²) in [6.07, 6.45) is -1.93. The molecule has 5 atom stereocenters. The number of benzene rings is 2. The molecule has 3 N–H and O–H groups in total. The largest absolute Gasteiger partial charge is 0.454 e. The van der Waals surface area contributed by atoms with Gasteiger partial charge >= 0.3 is 6.09 Å². The van der Waals surface area contributed by atoms with Crippen LogP contribution in [0.3, 0.4) is 0 Å². The van der Waals surface area contributed by atoms with E-state index in [-0.39, 0.29) is 55.9 Å². The molecule has 2 aromatic rings. The van der Waals surface area contributed by atoms with Gasteiger partial charge in [0.15, 0.2) is 17.8 Å². The lowest BCUT2D eigenvalue weighted by Crippen LogP contribution is -2.52. The van der Waals surface area contributed by atoms with Crippen LogP contribution in [0.5, 0.6) is 11.5 Å². The summed E-state index contributed by atoms with van der Waals surface area (Å²) in [7, 11) is -4.25. The Balaban J connectivity index is 1.38. The molecular weight excluding hydrogens is 634 g/mol. The highest BCUT2D eigenvalue weighted by Crippen LogP contribution is 2.36. The van der Waals surface area contributed by atoms with Crippen molar-refractivity contribution in [2.45, 2.75) is 69.5 Å². The van der Waals surface area contributed by atoms with Crippen molar-refractivity contribution in [3.05, 3.63) is 54.1 Å². The second-order valence-electron chi connectivity index (χ2n) is 12.8. The predicted molar refractivity (Wildman–Crippen MR) is 166 cm³/mol. The van der Waals surface area contributed by atoms with Crippen molar-refractivity contribution in [2.24, 2.45) is 11.3 Å². The molecule has 3 heterocycles. The number of ether oxygens (including phenoxy) is 5. The molecule has 2 saturated heterocycles. The van der Waals surface area contributed by atoms with Gasteiger partial charge in [0, 0.05) is 32.6 Å². The Bertz CT molecular complexity index is 1510. The summed E-state index contributed by atoms with van der Waals surface area (Å²) in [6.45, 7) is 5.01. The van der Waals surface area contributed by atoms with Gasteiger partial charge in [-0.05, 0) is 42.4 Å². The van der Waals surface area contributed by atoms with E-state index in [9.17, 15) is 28.3 Å². The van der Waals surface area contributed by atoms with E-state index in [4.69, 9.17) is 23.7 Å². The minimum atomic E-state index is -4.25. The lowest BCUT2D eigenvalue weighted by Gasteiger charge is -2.35. The Kier molecular flexibility index (Phi) is 10.9. The zero-order valence-electron chi connectivity index (χ0n) is 26.7. The number of fused-ring (bicyclic) bond motifs is 2. The average molecular weight is 678 g/mol. The van der Waals surface area contributed by atoms with Crippen LogP contribution in [0.25, 0.3) is 0 Å². The van der Waals surface area contributed by atoms with Gasteiger partial charge in [-0.3, -0.25) is 10.0 Å². The first-order chi connectivity index (χ1) is 22.3. The van der Waals surface area contributed by atoms with E-state index in [0.29, 0.717) is 23.8 Å². The fourth-order valence-corrected chi connectivity index (χ4v) is 7.58. The van der Waals surface area contributed by atoms with Gasteiger partial charge in [-0.1, -0.05) is 44.2 Å². The Morgan fingerprint density at radius 2 is 1.85 bits per heavy atom. The molecule has 2 amide bonds. The maximum Gasteiger partial charge on any atom is 0.407 e. The first kappa shape index (κ1) is 34.9. The molecule has 0 spiro atoms. The fraction of sp³-hybridized carbons (Fsp3) is 0.562. The van der Waals surface area contributed by atoms with E-state index >= 15 is 0 Å². The van der Waals surface area contributed by atoms with Crippen LogP contribution in [-0.4, -0.2) is 104 Å². The number of carbonyl (C=O) groups is 2. The molecule has 15 heteroatoms. The lowest BCUT2D eigenvalue weighted by molar-refractivity contribution is -0.163. The summed E-state index contributed by atoms with van der Waals surface area (Å²) in [5.74, 6) is 0.0703. The summed E-state index contributed by atoms with van der Waals surface area (Å²) in [4.78, 5) is 24.7. The highest BCUT2D eigenvalue weighted by Gasteiger charge is 2.44. The maximum atomic E-state index is 14.2. The van der Waals surface area contributed by atoms with Crippen molar-refractivity contribution in [3.8, 4) is 11.5 Å². The lowest BCUT2D eigenvalue weighted by atomic mass is 9.89. The van der Waals surface area contributed by atoms with E-state index in [1.807, 2.05) is 30.3 Å². The van der Waals surface area contributed by atoms with Crippen LogP contribution in [0.1, 0.15) is 39.2 Å². The number of amides is 2. The number of sulfonamides is 1. The summed E-state index contributed by atoms with van der Waals surface area (Å²) < 4.78 is 57.1. The molecule has 2 aromatic carbocycles. The van der Waals surface area contributed by atoms with Crippen molar-refractivity contribution in [1.29, 1.82) is 0 Å². The van der Waals surface area contributed by atoms with Crippen molar-refractivity contribution in [2.75, 3.05) is 39.6 Å². The van der Waals surface area contributed by atoms with Crippen molar-refractivity contribution < 1.29 is 52.0 Å². The molecular formula is C32H43N3O11S. The minimum absolute atomic E-state index is 0.0232. The van der Waals surface area contributed by atoms with Crippen LogP contribution in [0.2, 0.25) is 0 Å². The van der Waals surface area contributed by atoms with Gasteiger partial charge in [-0.2, -0.15) is 4.31 Å². The van der Waals surface area contributed by atoms with Crippen molar-refractivity contribution in [3.63, 3.8) is 0 Å². The molecule has 0 aromatic heterocycles. The van der Waals surface area contributed by atoms with Crippen LogP contribution in [-0.2, 0) is 35.4 Å². The fourth-order valence-electron chi connectivity index (χ4n) is 5.91. The van der Waals surface area contributed by atoms with Crippen molar-refractivity contribution in [1.82, 2.24) is 14.7 Å². The van der Waals surface area contributed by atoms with E-state index in [2.05, 4.69) is 5.32 Å². The van der Waals surface area contributed by atoms with Crippen LogP contribution >= 0.6 is 0 Å². The smallest absolute Gasteiger partial charge is 0.407 e. The third kappa shape index (κ3) is 8.72. The zero-order valence-corrected chi connectivity index (χ0v) is 27.6. The highest BCUT2D eigenvalue weighted by molar-refractivity contribution is 7.89. The molecule has 0 bridgehead atoms. The number of hydrogen-bond acceptors (Lipinski definition) is 11. The van der Waals surface area contributed by atoms with Gasteiger partial charge < -0.3 is 34.1 Å². The summed E-state index contributed by atoms with van der Waals surface area (Å²) in [5, 5.41) is 25.0. The molecule has 258 valence electrons. The number of hydroxylamine groups is 2. The topological polar surface area (TPSA) is 173 Å². The Hall–Kier alpha value is -3.47. The normalized spacial score (nSPS) is 21.7. The molecule has 0 saturated carbocycles. The number of carbonyl (C=O) groups excluding carboxylic acids is 2. The number of rotatable bonds is 14. The first-order valence-corrected chi connectivity index (χ1v) is 17.1. The summed E-state index contributed by atoms with van der Waals surface area (Å²) >= 11 is 0. The number of nitrogens with one attached hydrogen (secondary N) is 1. The molecule has 0 aliphatic carbocycles. The number of aliphatic hydroxyl groups is 1. The van der Waals surface area contributed by atoms with E-state index < -0.39 is 58.5 Å². The van der Waals surface area contributed by atoms with Gasteiger partial charge in [0.05, 0.1) is 36.2 Å². The van der Waals surface area contributed by atoms with E-state index in [1.165, 1.54) is 25.1 Å². The third-order valence-electron chi connectivity index (χ3n) is 8.65. The molecule has 2 fully saturated rings. The SMILES string of the molecule is CC(=O)N(O)CCC(C)(C)CN(C[C@@H](O)[C@H](Cc1ccccc1)NC(=O)O[C@H]1CO[C@H]2OCC[C@H]21)S(=O)(=O)c1ccc2c(c1)OCO2. The first-order valence-electron chi connectivity index (χ1n) is 15.6. The number of alkyl carbamates (subject to hydrolysis) is 1. The maximum absolute atomic E-state index is 14.2. The average Bonchev–Trinajstić information content (AvgIpc) is 3.78. The second kappa shape index (κ2) is 14.7. The minimum Gasteiger partial charge on any atom is -0.454 e. The van der Waals surface area contributed by atoms with E-state index in [0.717, 1.165) is 9.87 Å². The quantitative estimate of drug-likeness (QED) is 0.198. The molecule has 3 aliphatic heterocycles. The third-order valence-corrected chi connectivity index (χ3v) is 10.5. The molecule has 47 heavy (non-hydrogen) atoms. The zero-order chi connectivity index (χ0) is 33.8. The number of nitrogens with zero attached hydrogens (tertiary/aromatic N) is 2. The Morgan fingerprint density at radius 3 is 2.60 bits per heavy atom. The van der Waals surface area contributed by atoms with Crippen molar-refractivity contribution >= 4 is 22.0 Å². The van der Waals surface area contributed by atoms with Gasteiger partial charge in [0.2, 0.25) is 22.7 Å². The number of aliphatic hydroxyl groups excluding tert-OH is 1. The van der Waals surface area contributed by atoms with Crippen LogP contribution in [0.15, 0.2) is 53.4 Å². The Labute approximate surface area is 274 Å². The summed E-state index contributed by atoms with van der Waals surface area (Å²) in [6, 6.07) is 12.5. The van der Waals surface area contributed by atoms with Gasteiger partial charge in [0.1, 0.15) is 6.10 Å². The van der Waals surface area contributed by atoms with Gasteiger partial charge in [-0.25, -0.2) is 18.3 Å². The monoisotopic (exact) mass is 677 g/mol. The molecule has 0 radical (unpaired) electrons. The molecule has 3 aliphatic rings. The molecule has 5 rings (SSSR count). The van der Waals surface area contributed by atoms with Crippen LogP contribution in [0.4, 0.5) is 4.79 Å². The number of hydrogen-bond donors (Lipinski definition) is 3. The highest BCUT2D eigenvalue weighted by atomic mass is 32.2.